The number of amides is 1. The number of aliphatic hydroxyl groups excluding tert-OH is 3. The van der Waals surface area contributed by atoms with E-state index in [1.54, 1.807) is 17.4 Å². The number of carbonyl (C=O) groups excluding carboxylic acids is 1. The normalized spacial score (nSPS) is 24.3. The van der Waals surface area contributed by atoms with E-state index in [9.17, 15) is 28.5 Å². The first-order valence-corrected chi connectivity index (χ1v) is 14.6. The van der Waals surface area contributed by atoms with Crippen molar-refractivity contribution in [1.82, 2.24) is 4.72 Å². The second kappa shape index (κ2) is 13.8. The van der Waals surface area contributed by atoms with Crippen LogP contribution in [0.1, 0.15) is 55.9 Å². The zero-order valence-electron chi connectivity index (χ0n) is 19.7. The Morgan fingerprint density at radius 2 is 2.06 bits per heavy atom. The molecule has 1 saturated carbocycles. The highest BCUT2D eigenvalue weighted by atomic mass is 35.5. The van der Waals surface area contributed by atoms with Crippen LogP contribution < -0.4 is 4.72 Å². The predicted octanol–water partition coefficient (Wildman–Crippen LogP) is 3.50. The minimum atomic E-state index is -3.52. The van der Waals surface area contributed by atoms with Crippen LogP contribution in [0.5, 0.6) is 0 Å². The molecule has 1 aliphatic rings. The number of rotatable bonds is 13. The number of sulfonamides is 1. The number of nitrogens with one attached hydrogen (secondary N) is 1. The van der Waals surface area contributed by atoms with Crippen molar-refractivity contribution >= 4 is 38.9 Å². The smallest absolute Gasteiger partial charge is 0.234 e. The summed E-state index contributed by atoms with van der Waals surface area (Å²) in [4.78, 5) is 12.7. The molecule has 1 fully saturated rings. The van der Waals surface area contributed by atoms with E-state index in [1.165, 1.54) is 6.92 Å². The lowest BCUT2D eigenvalue weighted by Crippen LogP contribution is -2.31. The van der Waals surface area contributed by atoms with Gasteiger partial charge in [-0.1, -0.05) is 35.9 Å². The van der Waals surface area contributed by atoms with Gasteiger partial charge in [-0.25, -0.2) is 8.42 Å². The third-order valence-corrected chi connectivity index (χ3v) is 9.05. The Morgan fingerprint density at radius 3 is 2.71 bits per heavy atom. The molecule has 1 aromatic heterocycles. The van der Waals surface area contributed by atoms with Crippen molar-refractivity contribution in [2.75, 3.05) is 5.75 Å². The van der Waals surface area contributed by atoms with Crippen molar-refractivity contribution in [2.24, 2.45) is 11.8 Å². The van der Waals surface area contributed by atoms with Gasteiger partial charge in [0.1, 0.15) is 0 Å². The molecule has 0 aliphatic heterocycles. The van der Waals surface area contributed by atoms with Gasteiger partial charge in [0.2, 0.25) is 15.9 Å². The fourth-order valence-electron chi connectivity index (χ4n) is 4.07. The van der Waals surface area contributed by atoms with Crippen molar-refractivity contribution in [3.05, 3.63) is 45.1 Å². The summed E-state index contributed by atoms with van der Waals surface area (Å²) in [6.45, 7) is 3.43. The summed E-state index contributed by atoms with van der Waals surface area (Å²) >= 11 is 7.84. The molecule has 1 amide bonds. The largest absolute Gasteiger partial charge is 0.393 e. The Hall–Kier alpha value is -1.23. The standard InChI is InChI=1S/C24H36ClNO6S2/c1-3-34(31,32)26-23(30)9-7-5-4-6-8-19-20(22(29)14-21(19)28)13-12-18(27)11-10-17-15-33-16(2)24(17)25/h4,6,12-13,15,18-22,27-29H,3,5,7-11,14H2,1-2H3,(H,26,30)/b6-4+,13-12+/t18-,19+,20+,21-,22+/m0/s1. The highest BCUT2D eigenvalue weighted by Gasteiger charge is 2.39. The number of hydrogen-bond donors (Lipinski definition) is 4. The zero-order chi connectivity index (χ0) is 25.3. The highest BCUT2D eigenvalue weighted by molar-refractivity contribution is 7.90. The van der Waals surface area contributed by atoms with Crippen LogP contribution in [-0.2, 0) is 21.2 Å². The number of carbonyl (C=O) groups is 1. The van der Waals surface area contributed by atoms with Crippen LogP contribution in [0.15, 0.2) is 29.7 Å². The summed E-state index contributed by atoms with van der Waals surface area (Å²) in [7, 11) is -3.52. The van der Waals surface area contributed by atoms with E-state index in [0.29, 0.717) is 38.5 Å². The molecule has 0 bridgehead atoms. The molecule has 2 rings (SSSR count). The number of thiophene rings is 1. The monoisotopic (exact) mass is 533 g/mol. The quantitative estimate of drug-likeness (QED) is 0.227. The average molecular weight is 534 g/mol. The van der Waals surface area contributed by atoms with E-state index in [1.807, 2.05) is 35.3 Å². The zero-order valence-corrected chi connectivity index (χ0v) is 22.1. The first-order chi connectivity index (χ1) is 16.0. The Bertz CT molecular complexity index is 959. The number of allylic oxidation sites excluding steroid dienone is 2. The molecule has 34 heavy (non-hydrogen) atoms. The van der Waals surface area contributed by atoms with Crippen LogP contribution in [0.4, 0.5) is 0 Å². The van der Waals surface area contributed by atoms with Crippen LogP contribution in [0.25, 0.3) is 0 Å². The summed E-state index contributed by atoms with van der Waals surface area (Å²) in [5.41, 5.74) is 1.03. The SMILES string of the molecule is CCS(=O)(=O)NC(=O)CCC/C=C/C[C@@H]1[C@@H](/C=C/[C@@H](O)CCc2csc(C)c2Cl)[C@H](O)C[C@@H]1O. The summed E-state index contributed by atoms with van der Waals surface area (Å²) < 4.78 is 24.8. The van der Waals surface area contributed by atoms with Gasteiger partial charge in [-0.05, 0) is 62.8 Å². The third kappa shape index (κ3) is 9.09. The molecule has 0 radical (unpaired) electrons. The van der Waals surface area contributed by atoms with E-state index in [4.69, 9.17) is 11.6 Å². The maximum absolute atomic E-state index is 11.6. The van der Waals surface area contributed by atoms with Crippen molar-refractivity contribution in [2.45, 2.75) is 77.1 Å². The van der Waals surface area contributed by atoms with Gasteiger partial charge in [0, 0.05) is 23.6 Å². The first-order valence-electron chi connectivity index (χ1n) is 11.7. The maximum Gasteiger partial charge on any atom is 0.234 e. The minimum absolute atomic E-state index is 0.119. The Morgan fingerprint density at radius 1 is 1.32 bits per heavy atom. The van der Waals surface area contributed by atoms with Gasteiger partial charge in [-0.3, -0.25) is 9.52 Å². The molecular formula is C24H36ClNO6S2. The van der Waals surface area contributed by atoms with Crippen LogP contribution in [0.2, 0.25) is 5.02 Å². The van der Waals surface area contributed by atoms with E-state index >= 15 is 0 Å². The molecule has 1 aliphatic carbocycles. The fraction of sp³-hybridized carbons (Fsp3) is 0.625. The van der Waals surface area contributed by atoms with Crippen LogP contribution >= 0.6 is 22.9 Å². The van der Waals surface area contributed by atoms with Gasteiger partial charge in [0.25, 0.3) is 0 Å². The second-order valence-corrected chi connectivity index (χ2v) is 12.2. The summed E-state index contributed by atoms with van der Waals surface area (Å²) in [6.07, 6.45) is 8.63. The first kappa shape index (κ1) is 29.0. The number of aliphatic hydroxyl groups is 3. The molecule has 0 saturated heterocycles. The Labute approximate surface area is 211 Å². The molecule has 7 nitrogen and oxygen atoms in total. The van der Waals surface area contributed by atoms with Crippen molar-refractivity contribution < 1.29 is 28.5 Å². The highest BCUT2D eigenvalue weighted by Crippen LogP contribution is 2.36. The Kier molecular flexibility index (Phi) is 11.7. The van der Waals surface area contributed by atoms with Crippen molar-refractivity contribution in [3.63, 3.8) is 0 Å². The number of unbranched alkanes of at least 4 members (excludes halogenated alkanes) is 1. The predicted molar refractivity (Wildman–Crippen MR) is 136 cm³/mol. The molecule has 1 heterocycles. The lowest BCUT2D eigenvalue weighted by molar-refractivity contribution is -0.119. The van der Waals surface area contributed by atoms with Crippen molar-refractivity contribution in [3.8, 4) is 0 Å². The van der Waals surface area contributed by atoms with Crippen molar-refractivity contribution in [1.29, 1.82) is 0 Å². The van der Waals surface area contributed by atoms with E-state index < -0.39 is 34.2 Å². The lowest BCUT2D eigenvalue weighted by atomic mass is 9.89. The van der Waals surface area contributed by atoms with E-state index in [0.717, 1.165) is 15.5 Å². The molecule has 0 unspecified atom stereocenters. The molecular weight excluding hydrogens is 498 g/mol. The van der Waals surface area contributed by atoms with Crippen LogP contribution in [0.3, 0.4) is 0 Å². The number of hydrogen-bond acceptors (Lipinski definition) is 7. The van der Waals surface area contributed by atoms with Gasteiger partial charge in [0.15, 0.2) is 0 Å². The van der Waals surface area contributed by atoms with E-state index in [2.05, 4.69) is 0 Å². The van der Waals surface area contributed by atoms with Gasteiger partial charge in [-0.2, -0.15) is 0 Å². The third-order valence-electron chi connectivity index (χ3n) is 6.15. The fourth-order valence-corrected chi connectivity index (χ4v) is 5.80. The van der Waals surface area contributed by atoms with Crippen LogP contribution in [0, 0.1) is 18.8 Å². The average Bonchev–Trinajstić information content (AvgIpc) is 3.24. The van der Waals surface area contributed by atoms with Crippen LogP contribution in [-0.4, -0.2) is 53.7 Å². The molecule has 192 valence electrons. The maximum atomic E-state index is 11.6. The molecule has 1 aromatic rings. The van der Waals surface area contributed by atoms with Gasteiger partial charge in [-0.15, -0.1) is 11.3 Å². The summed E-state index contributed by atoms with van der Waals surface area (Å²) in [5, 5.41) is 33.9. The van der Waals surface area contributed by atoms with E-state index in [-0.39, 0.29) is 24.0 Å². The Balaban J connectivity index is 1.79. The summed E-state index contributed by atoms with van der Waals surface area (Å²) in [5.74, 6) is -1.07. The number of aryl methyl sites for hydroxylation is 2. The molecule has 0 spiro atoms. The van der Waals surface area contributed by atoms with Gasteiger partial charge in [0.05, 0.1) is 29.1 Å². The van der Waals surface area contributed by atoms with Gasteiger partial charge >= 0.3 is 0 Å². The van der Waals surface area contributed by atoms with Gasteiger partial charge < -0.3 is 15.3 Å². The number of halogens is 1. The summed E-state index contributed by atoms with van der Waals surface area (Å²) in [6, 6.07) is 0. The molecule has 0 aromatic carbocycles. The minimum Gasteiger partial charge on any atom is -0.393 e. The molecule has 10 heteroatoms. The topological polar surface area (TPSA) is 124 Å². The second-order valence-electron chi connectivity index (χ2n) is 8.76. The molecule has 4 N–H and O–H groups in total. The lowest BCUT2D eigenvalue weighted by Gasteiger charge is -2.19. The molecule has 5 atom stereocenters.